The first-order valence-electron chi connectivity index (χ1n) is 13.8. The van der Waals surface area contributed by atoms with E-state index in [9.17, 15) is 0 Å². The van der Waals surface area contributed by atoms with Gasteiger partial charge in [-0.1, -0.05) is 117 Å². The maximum absolute atomic E-state index is 5.13. The van der Waals surface area contributed by atoms with Crippen molar-refractivity contribution in [3.63, 3.8) is 0 Å². The summed E-state index contributed by atoms with van der Waals surface area (Å²) < 4.78 is 2.45. The minimum absolute atomic E-state index is 0.180. The van der Waals surface area contributed by atoms with Crippen LogP contribution in [0.5, 0.6) is 0 Å². The van der Waals surface area contributed by atoms with Crippen molar-refractivity contribution < 1.29 is 0 Å². The van der Waals surface area contributed by atoms with Crippen LogP contribution in [-0.2, 0) is 5.41 Å². The summed E-state index contributed by atoms with van der Waals surface area (Å²) in [5.74, 6) is 1.67. The molecule has 2 aliphatic heterocycles. The number of rotatable bonds is 3. The molecule has 0 spiro atoms. The molecule has 4 heteroatoms. The third-order valence-corrected chi connectivity index (χ3v) is 8.44. The molecule has 0 saturated heterocycles. The van der Waals surface area contributed by atoms with Gasteiger partial charge in [0.25, 0.3) is 0 Å². The molecule has 192 valence electrons. The lowest BCUT2D eigenvalue weighted by molar-refractivity contribution is 0.626. The number of benzene rings is 5. The van der Waals surface area contributed by atoms with Crippen LogP contribution in [-0.4, -0.2) is 16.2 Å². The Balaban J connectivity index is 1.33. The van der Waals surface area contributed by atoms with Gasteiger partial charge in [-0.3, -0.25) is 0 Å². The highest BCUT2D eigenvalue weighted by molar-refractivity contribution is 6.16. The van der Waals surface area contributed by atoms with Gasteiger partial charge in [0.05, 0.1) is 16.7 Å². The molecule has 0 aliphatic carbocycles. The Hall–Kier alpha value is -4.96. The molecule has 0 saturated carbocycles. The molecule has 0 radical (unpaired) electrons. The van der Waals surface area contributed by atoms with E-state index < -0.39 is 0 Å². The summed E-state index contributed by atoms with van der Waals surface area (Å²) in [7, 11) is 0. The van der Waals surface area contributed by atoms with Crippen LogP contribution < -0.4 is 5.32 Å². The summed E-state index contributed by atoms with van der Waals surface area (Å²) in [4.78, 5) is 10.3. The van der Waals surface area contributed by atoms with E-state index in [1.165, 1.54) is 38.6 Å². The van der Waals surface area contributed by atoms with Crippen molar-refractivity contribution in [1.29, 1.82) is 0 Å². The number of aliphatic imine (C=N–C) groups is 2. The maximum atomic E-state index is 5.13. The molecule has 0 fully saturated rings. The zero-order valence-corrected chi connectivity index (χ0v) is 22.5. The zero-order chi connectivity index (χ0) is 26.8. The third kappa shape index (κ3) is 3.32. The van der Waals surface area contributed by atoms with Gasteiger partial charge in [0.2, 0.25) is 0 Å². The van der Waals surface area contributed by atoms with E-state index in [1.54, 1.807) is 0 Å². The molecule has 40 heavy (non-hydrogen) atoms. The molecular weight excluding hydrogens is 488 g/mol. The first-order valence-corrected chi connectivity index (χ1v) is 13.8. The van der Waals surface area contributed by atoms with E-state index in [-0.39, 0.29) is 11.6 Å². The van der Waals surface area contributed by atoms with Crippen molar-refractivity contribution in [2.45, 2.75) is 25.4 Å². The highest BCUT2D eigenvalue weighted by Crippen LogP contribution is 2.48. The van der Waals surface area contributed by atoms with Gasteiger partial charge < -0.3 is 9.88 Å². The van der Waals surface area contributed by atoms with Crippen LogP contribution in [0, 0.1) is 0 Å². The van der Waals surface area contributed by atoms with Crippen LogP contribution in [0.4, 0.5) is 0 Å². The van der Waals surface area contributed by atoms with E-state index in [4.69, 9.17) is 9.98 Å². The average molecular weight is 517 g/mol. The lowest BCUT2D eigenvalue weighted by atomic mass is 9.74. The van der Waals surface area contributed by atoms with Crippen LogP contribution in [0.3, 0.4) is 0 Å². The number of aromatic nitrogens is 1. The van der Waals surface area contributed by atoms with Gasteiger partial charge in [0, 0.05) is 27.3 Å². The predicted octanol–water partition coefficient (Wildman–Crippen LogP) is 7.92. The number of nitrogens with one attached hydrogen (secondary N) is 1. The predicted molar refractivity (Wildman–Crippen MR) is 165 cm³/mol. The van der Waals surface area contributed by atoms with Gasteiger partial charge in [-0.15, -0.1) is 0 Å². The standard InChI is InChI=1S/C36H28N4/c1-36(2)28-18-11-17-27-26-16-9-10-19-30(26)40(32(27)28)31-21-20-25(22-29(31)36)35-38-33(23-12-5-3-6-13-23)37-34(39-35)24-14-7-4-8-15-24/h3-22,35H,1-2H3,(H,37,38,39). The number of fused-ring (bicyclic) bond motifs is 5. The molecule has 0 atom stereocenters. The normalized spacial score (nSPS) is 15.8. The number of nitrogens with zero attached hydrogens (tertiary/aromatic N) is 3. The molecular formula is C36H28N4. The number of amidine groups is 2. The zero-order valence-electron chi connectivity index (χ0n) is 22.5. The molecule has 6 aromatic rings. The largest absolute Gasteiger partial charge is 0.324 e. The van der Waals surface area contributed by atoms with E-state index >= 15 is 0 Å². The molecule has 1 N–H and O–H groups in total. The lowest BCUT2D eigenvalue weighted by Gasteiger charge is -2.35. The lowest BCUT2D eigenvalue weighted by Crippen LogP contribution is -2.36. The Morgan fingerprint density at radius 3 is 1.95 bits per heavy atom. The summed E-state index contributed by atoms with van der Waals surface area (Å²) >= 11 is 0. The van der Waals surface area contributed by atoms with Gasteiger partial charge >= 0.3 is 0 Å². The SMILES string of the molecule is CC1(C)c2cc(C3N=C(c4ccccc4)NC(c4ccccc4)=N3)ccc2-n2c3ccccc3c3cccc1c32. The Kier molecular flexibility index (Phi) is 4.89. The minimum Gasteiger partial charge on any atom is -0.324 e. The van der Waals surface area contributed by atoms with Crippen LogP contribution in [0.2, 0.25) is 0 Å². The van der Waals surface area contributed by atoms with Crippen LogP contribution in [0.1, 0.15) is 47.8 Å². The van der Waals surface area contributed by atoms with E-state index in [0.717, 1.165) is 28.4 Å². The molecule has 2 aliphatic rings. The molecule has 4 nitrogen and oxygen atoms in total. The van der Waals surface area contributed by atoms with Gasteiger partial charge in [-0.05, 0) is 34.9 Å². The summed E-state index contributed by atoms with van der Waals surface area (Å²) in [5, 5.41) is 6.10. The summed E-state index contributed by atoms with van der Waals surface area (Å²) in [6, 6.07) is 42.9. The van der Waals surface area contributed by atoms with Gasteiger partial charge in [-0.2, -0.15) is 0 Å². The van der Waals surface area contributed by atoms with Crippen molar-refractivity contribution >= 4 is 33.5 Å². The van der Waals surface area contributed by atoms with Gasteiger partial charge in [0.15, 0.2) is 6.17 Å². The van der Waals surface area contributed by atoms with E-state index in [0.29, 0.717) is 0 Å². The maximum Gasteiger partial charge on any atom is 0.169 e. The molecule has 8 rings (SSSR count). The number of hydrogen-bond acceptors (Lipinski definition) is 3. The number of hydrogen-bond donors (Lipinski definition) is 1. The van der Waals surface area contributed by atoms with Gasteiger partial charge in [0.1, 0.15) is 11.7 Å². The fourth-order valence-electron chi connectivity index (χ4n) is 6.41. The van der Waals surface area contributed by atoms with Crippen molar-refractivity contribution in [3.05, 3.63) is 149 Å². The molecule has 3 heterocycles. The Labute approximate surface area is 233 Å². The summed E-state index contributed by atoms with van der Waals surface area (Å²) in [6.45, 7) is 4.68. The highest BCUT2D eigenvalue weighted by Gasteiger charge is 2.35. The summed E-state index contributed by atoms with van der Waals surface area (Å²) in [5.41, 5.74) is 9.41. The highest BCUT2D eigenvalue weighted by atomic mass is 15.2. The monoisotopic (exact) mass is 516 g/mol. The average Bonchev–Trinajstić information content (AvgIpc) is 3.35. The Bertz CT molecular complexity index is 1940. The van der Waals surface area contributed by atoms with Crippen LogP contribution in [0.15, 0.2) is 131 Å². The number of para-hydroxylation sites is 2. The van der Waals surface area contributed by atoms with Crippen molar-refractivity contribution in [2.24, 2.45) is 9.98 Å². The van der Waals surface area contributed by atoms with Crippen LogP contribution >= 0.6 is 0 Å². The third-order valence-electron chi connectivity index (χ3n) is 8.44. The van der Waals surface area contributed by atoms with Crippen molar-refractivity contribution in [2.75, 3.05) is 0 Å². The fourth-order valence-corrected chi connectivity index (χ4v) is 6.41. The molecule has 0 unspecified atom stereocenters. The topological polar surface area (TPSA) is 41.7 Å². The second-order valence-electron chi connectivity index (χ2n) is 11.1. The molecule has 0 amide bonds. The smallest absolute Gasteiger partial charge is 0.169 e. The molecule has 5 aromatic carbocycles. The van der Waals surface area contributed by atoms with E-state index in [1.807, 2.05) is 36.4 Å². The fraction of sp³-hybridized carbons (Fsp3) is 0.111. The Morgan fingerprint density at radius 1 is 0.625 bits per heavy atom. The van der Waals surface area contributed by atoms with Crippen molar-refractivity contribution in [1.82, 2.24) is 9.88 Å². The molecule has 1 aromatic heterocycles. The summed E-state index contributed by atoms with van der Waals surface area (Å²) in [6.07, 6.45) is -0.355. The van der Waals surface area contributed by atoms with Crippen molar-refractivity contribution in [3.8, 4) is 5.69 Å². The van der Waals surface area contributed by atoms with E-state index in [2.05, 4.69) is 109 Å². The first-order chi connectivity index (χ1) is 19.6. The second-order valence-corrected chi connectivity index (χ2v) is 11.1. The van der Waals surface area contributed by atoms with Gasteiger partial charge in [-0.25, -0.2) is 9.98 Å². The van der Waals surface area contributed by atoms with Crippen LogP contribution in [0.25, 0.3) is 27.5 Å². The molecule has 0 bridgehead atoms. The first kappa shape index (κ1) is 23.0. The Morgan fingerprint density at radius 2 is 1.25 bits per heavy atom. The second kappa shape index (κ2) is 8.52. The minimum atomic E-state index is -0.355. The quantitative estimate of drug-likeness (QED) is 0.255.